The van der Waals surface area contributed by atoms with Crippen molar-refractivity contribution in [3.63, 3.8) is 0 Å². The van der Waals surface area contributed by atoms with Gasteiger partial charge in [-0.15, -0.1) is 0 Å². The smallest absolute Gasteiger partial charge is 0.229 e. The van der Waals surface area contributed by atoms with Crippen LogP contribution in [0, 0.1) is 11.3 Å². The Morgan fingerprint density at radius 2 is 2.03 bits per heavy atom. The number of fused-ring (bicyclic) bond motifs is 1. The number of allylic oxidation sites excluding steroid dienone is 1. The number of hydrogen-bond donors (Lipinski definition) is 1. The van der Waals surface area contributed by atoms with E-state index in [1.807, 2.05) is 31.2 Å². The molecule has 1 fully saturated rings. The molecule has 0 saturated carbocycles. The Hall–Kier alpha value is -3.31. The summed E-state index contributed by atoms with van der Waals surface area (Å²) < 4.78 is 10.7. The van der Waals surface area contributed by atoms with Gasteiger partial charge in [0.25, 0.3) is 0 Å². The van der Waals surface area contributed by atoms with Gasteiger partial charge < -0.3 is 19.5 Å². The van der Waals surface area contributed by atoms with Crippen molar-refractivity contribution in [1.29, 1.82) is 5.26 Å². The third kappa shape index (κ3) is 4.01. The van der Waals surface area contributed by atoms with Gasteiger partial charge in [0.05, 0.1) is 42.9 Å². The number of nitrogens with zero attached hydrogens (tertiary/aromatic N) is 3. The van der Waals surface area contributed by atoms with Gasteiger partial charge in [0.15, 0.2) is 11.5 Å². The van der Waals surface area contributed by atoms with Crippen LogP contribution in [0.25, 0.3) is 0 Å². The lowest BCUT2D eigenvalue weighted by Gasteiger charge is -2.42. The van der Waals surface area contributed by atoms with E-state index in [1.165, 1.54) is 11.8 Å². The molecule has 0 aliphatic carbocycles. The van der Waals surface area contributed by atoms with Gasteiger partial charge in [-0.2, -0.15) is 5.26 Å². The summed E-state index contributed by atoms with van der Waals surface area (Å²) >= 11 is 1.49. The zero-order chi connectivity index (χ0) is 22.0. The third-order valence-electron chi connectivity index (χ3n) is 5.42. The number of phenolic OH excluding ortho intramolecular Hbond substituents is 1. The topological polar surface area (TPSA) is 86.0 Å². The van der Waals surface area contributed by atoms with E-state index in [9.17, 15) is 15.2 Å². The molecule has 2 aromatic rings. The second-order valence-electron chi connectivity index (χ2n) is 7.22. The Labute approximate surface area is 185 Å². The molecule has 2 heterocycles. The summed E-state index contributed by atoms with van der Waals surface area (Å²) in [5.41, 5.74) is 2.35. The first-order valence-corrected chi connectivity index (χ1v) is 11.0. The minimum Gasteiger partial charge on any atom is -0.504 e. The number of benzene rings is 2. The second kappa shape index (κ2) is 8.82. The Kier molecular flexibility index (Phi) is 5.96. The van der Waals surface area contributed by atoms with Gasteiger partial charge in [-0.25, -0.2) is 0 Å². The number of rotatable bonds is 5. The molecule has 2 aliphatic heterocycles. The molecule has 2 aliphatic rings. The molecule has 1 saturated heterocycles. The molecule has 4 rings (SSSR count). The lowest BCUT2D eigenvalue weighted by molar-refractivity contribution is -0.129. The summed E-state index contributed by atoms with van der Waals surface area (Å²) in [5, 5.41) is 20.7. The highest BCUT2D eigenvalue weighted by molar-refractivity contribution is 8.03. The summed E-state index contributed by atoms with van der Waals surface area (Å²) in [6.45, 7) is 2.65. The molecular formula is C23H23N3O4S. The Bertz CT molecular complexity index is 1060. The maximum Gasteiger partial charge on any atom is 0.229 e. The van der Waals surface area contributed by atoms with Crippen molar-refractivity contribution >= 4 is 23.4 Å². The number of phenols is 1. The number of aromatic hydroxyl groups is 1. The zero-order valence-electron chi connectivity index (χ0n) is 17.4. The molecule has 0 radical (unpaired) electrons. The number of carbonyl (C=O) groups excluding carboxylic acids is 1. The first-order chi connectivity index (χ1) is 15.0. The largest absolute Gasteiger partial charge is 0.504 e. The molecule has 7 nitrogen and oxygen atoms in total. The minimum atomic E-state index is -0.358. The molecule has 1 atom stereocenters. The van der Waals surface area contributed by atoms with Gasteiger partial charge >= 0.3 is 0 Å². The van der Waals surface area contributed by atoms with Crippen LogP contribution in [-0.4, -0.2) is 42.2 Å². The molecule has 1 amide bonds. The fourth-order valence-corrected chi connectivity index (χ4v) is 4.99. The fraction of sp³-hybridized carbons (Fsp3) is 0.304. The SMILES string of the molecule is CCOc1cc(C2CC(=O)N3CN(c4ccc(OC)cc4)CSC3=C2C#N)ccc1O. The molecule has 31 heavy (non-hydrogen) atoms. The number of thioether (sulfide) groups is 1. The zero-order valence-corrected chi connectivity index (χ0v) is 18.2. The molecule has 0 bridgehead atoms. The molecule has 2 aromatic carbocycles. The van der Waals surface area contributed by atoms with Crippen LogP contribution < -0.4 is 14.4 Å². The van der Waals surface area contributed by atoms with Gasteiger partial charge in [0, 0.05) is 18.0 Å². The number of methoxy groups -OCH3 is 1. The number of amides is 1. The normalized spacial score (nSPS) is 18.5. The highest BCUT2D eigenvalue weighted by Crippen LogP contribution is 2.44. The standard InChI is InChI=1S/C23H23N3O4S/c1-3-30-21-10-15(4-9-20(21)27)18-11-22(28)26-13-25(14-31-23(26)19(18)12-24)16-5-7-17(29-2)8-6-16/h4-10,18,27H,3,11,13-14H2,1-2H3. The molecule has 1 N–H and O–H groups in total. The van der Waals surface area contributed by atoms with E-state index < -0.39 is 0 Å². The van der Waals surface area contributed by atoms with Gasteiger partial charge in [0.1, 0.15) is 5.75 Å². The number of carbonyl (C=O) groups is 1. The highest BCUT2D eigenvalue weighted by Gasteiger charge is 2.38. The number of nitriles is 1. The minimum absolute atomic E-state index is 0.0317. The molecule has 1 unspecified atom stereocenters. The number of anilines is 1. The molecule has 160 valence electrons. The number of ether oxygens (including phenoxy) is 2. The van der Waals surface area contributed by atoms with Crippen molar-refractivity contribution in [3.05, 3.63) is 58.6 Å². The summed E-state index contributed by atoms with van der Waals surface area (Å²) in [6.07, 6.45) is 0.194. The summed E-state index contributed by atoms with van der Waals surface area (Å²) in [5.74, 6) is 1.42. The van der Waals surface area contributed by atoms with Crippen LogP contribution in [0.15, 0.2) is 53.1 Å². The third-order valence-corrected chi connectivity index (χ3v) is 6.57. The maximum atomic E-state index is 13.1. The average molecular weight is 438 g/mol. The van der Waals surface area contributed by atoms with E-state index in [-0.39, 0.29) is 24.0 Å². The van der Waals surface area contributed by atoms with E-state index >= 15 is 0 Å². The first-order valence-electron chi connectivity index (χ1n) is 9.97. The summed E-state index contributed by atoms with van der Waals surface area (Å²) in [7, 11) is 1.63. The van der Waals surface area contributed by atoms with E-state index in [0.29, 0.717) is 35.5 Å². The second-order valence-corrected chi connectivity index (χ2v) is 8.16. The van der Waals surface area contributed by atoms with Crippen LogP contribution in [0.2, 0.25) is 0 Å². The fourth-order valence-electron chi connectivity index (χ4n) is 3.82. The van der Waals surface area contributed by atoms with Crippen molar-refractivity contribution in [1.82, 2.24) is 4.90 Å². The lowest BCUT2D eigenvalue weighted by Crippen LogP contribution is -2.47. The van der Waals surface area contributed by atoms with Gasteiger partial charge in [0.2, 0.25) is 5.91 Å². The number of hydrogen-bond acceptors (Lipinski definition) is 7. The monoisotopic (exact) mass is 437 g/mol. The van der Waals surface area contributed by atoms with E-state index in [1.54, 1.807) is 30.2 Å². The molecular weight excluding hydrogens is 414 g/mol. The summed E-state index contributed by atoms with van der Waals surface area (Å²) in [4.78, 5) is 16.9. The van der Waals surface area contributed by atoms with E-state index in [0.717, 1.165) is 17.0 Å². The quantitative estimate of drug-likeness (QED) is 0.756. The van der Waals surface area contributed by atoms with E-state index in [4.69, 9.17) is 9.47 Å². The maximum absolute atomic E-state index is 13.1. The van der Waals surface area contributed by atoms with Crippen LogP contribution >= 0.6 is 11.8 Å². The van der Waals surface area contributed by atoms with Gasteiger partial charge in [-0.3, -0.25) is 9.69 Å². The van der Waals surface area contributed by atoms with E-state index in [2.05, 4.69) is 11.0 Å². The van der Waals surface area contributed by atoms with Crippen molar-refractivity contribution in [3.8, 4) is 23.3 Å². The van der Waals surface area contributed by atoms with Crippen LogP contribution in [-0.2, 0) is 4.79 Å². The highest BCUT2D eigenvalue weighted by atomic mass is 32.2. The van der Waals surface area contributed by atoms with Gasteiger partial charge in [-0.1, -0.05) is 17.8 Å². The Morgan fingerprint density at radius 1 is 1.26 bits per heavy atom. The van der Waals surface area contributed by atoms with Crippen molar-refractivity contribution in [2.75, 3.05) is 31.2 Å². The van der Waals surface area contributed by atoms with Crippen molar-refractivity contribution < 1.29 is 19.4 Å². The van der Waals surface area contributed by atoms with Gasteiger partial charge in [-0.05, 0) is 48.9 Å². The first kappa shape index (κ1) is 20.9. The van der Waals surface area contributed by atoms with Crippen molar-refractivity contribution in [2.24, 2.45) is 0 Å². The predicted octanol–water partition coefficient (Wildman–Crippen LogP) is 4.02. The lowest BCUT2D eigenvalue weighted by atomic mass is 9.86. The molecule has 0 spiro atoms. The average Bonchev–Trinajstić information content (AvgIpc) is 2.80. The molecule has 8 heteroatoms. The van der Waals surface area contributed by atoms with Crippen molar-refractivity contribution in [2.45, 2.75) is 19.3 Å². The van der Waals surface area contributed by atoms with Crippen LogP contribution in [0.5, 0.6) is 17.2 Å². The van der Waals surface area contributed by atoms with Crippen LogP contribution in [0.1, 0.15) is 24.8 Å². The van der Waals surface area contributed by atoms with Crippen LogP contribution in [0.4, 0.5) is 5.69 Å². The Morgan fingerprint density at radius 3 is 2.71 bits per heavy atom. The van der Waals surface area contributed by atoms with Crippen LogP contribution in [0.3, 0.4) is 0 Å². The predicted molar refractivity (Wildman–Crippen MR) is 119 cm³/mol. The molecule has 0 aromatic heterocycles. The Balaban J connectivity index is 1.63. The summed E-state index contributed by atoms with van der Waals surface area (Å²) in [6, 6.07) is 15.1.